The Bertz CT molecular complexity index is 952. The minimum Gasteiger partial charge on any atom is -0.403 e. The van der Waals surface area contributed by atoms with Gasteiger partial charge in [-0.05, 0) is 42.2 Å². The first-order chi connectivity index (χ1) is 13.2. The average molecular weight is 389 g/mol. The Morgan fingerprint density at radius 2 is 2.00 bits per heavy atom. The maximum absolute atomic E-state index is 12.6. The minimum atomic E-state index is -0.493. The quantitative estimate of drug-likeness (QED) is 0.806. The van der Waals surface area contributed by atoms with E-state index in [1.165, 1.54) is 25.3 Å². The van der Waals surface area contributed by atoms with Gasteiger partial charge in [-0.2, -0.15) is 16.7 Å². The summed E-state index contributed by atoms with van der Waals surface area (Å²) in [7, 11) is 0. The highest BCUT2D eigenvalue weighted by molar-refractivity contribution is 7.99. The SMILES string of the molecule is O=c1cc(CC2CCCCC2)c2c(=O)[nH]c(ON=C3CCSCC3)nc2o1. The predicted molar refractivity (Wildman–Crippen MR) is 106 cm³/mol. The minimum absolute atomic E-state index is 0.0199. The third kappa shape index (κ3) is 4.43. The molecule has 1 aliphatic heterocycles. The number of aromatic nitrogens is 2. The zero-order chi connectivity index (χ0) is 18.6. The van der Waals surface area contributed by atoms with Crippen LogP contribution in [0.2, 0.25) is 0 Å². The molecule has 2 aromatic rings. The van der Waals surface area contributed by atoms with Crippen molar-refractivity contribution >= 4 is 28.6 Å². The summed E-state index contributed by atoms with van der Waals surface area (Å²) in [6, 6.07) is 1.38. The summed E-state index contributed by atoms with van der Waals surface area (Å²) in [5.41, 5.74) is 0.830. The lowest BCUT2D eigenvalue weighted by molar-refractivity contribution is 0.309. The summed E-state index contributed by atoms with van der Waals surface area (Å²) in [5, 5.41) is 4.43. The summed E-state index contributed by atoms with van der Waals surface area (Å²) >= 11 is 1.88. The van der Waals surface area contributed by atoms with Gasteiger partial charge < -0.3 is 9.25 Å². The smallest absolute Gasteiger partial charge is 0.337 e. The van der Waals surface area contributed by atoms with Gasteiger partial charge in [0.1, 0.15) is 5.39 Å². The second-order valence-corrected chi connectivity index (χ2v) is 8.44. The molecule has 2 fully saturated rings. The number of aromatic amines is 1. The number of fused-ring (bicyclic) bond motifs is 1. The molecular formula is C19H23N3O4S. The van der Waals surface area contributed by atoms with Crippen LogP contribution in [0.4, 0.5) is 0 Å². The van der Waals surface area contributed by atoms with Crippen LogP contribution >= 0.6 is 11.8 Å². The van der Waals surface area contributed by atoms with Crippen LogP contribution in [0.25, 0.3) is 11.1 Å². The first-order valence-corrected chi connectivity index (χ1v) is 10.7. The van der Waals surface area contributed by atoms with Crippen LogP contribution in [0.15, 0.2) is 25.2 Å². The number of hydrogen-bond donors (Lipinski definition) is 1. The molecule has 0 atom stereocenters. The van der Waals surface area contributed by atoms with Crippen molar-refractivity contribution in [3.05, 3.63) is 32.4 Å². The number of rotatable bonds is 4. The van der Waals surface area contributed by atoms with Gasteiger partial charge in [-0.15, -0.1) is 0 Å². The lowest BCUT2D eigenvalue weighted by atomic mass is 9.84. The van der Waals surface area contributed by atoms with Crippen molar-refractivity contribution in [2.24, 2.45) is 11.1 Å². The van der Waals surface area contributed by atoms with E-state index >= 15 is 0 Å². The van der Waals surface area contributed by atoms with E-state index in [0.717, 1.165) is 42.9 Å². The number of oxime groups is 1. The van der Waals surface area contributed by atoms with Crippen LogP contribution in [0.5, 0.6) is 6.01 Å². The Balaban J connectivity index is 1.63. The van der Waals surface area contributed by atoms with Gasteiger partial charge in [0.15, 0.2) is 0 Å². The molecular weight excluding hydrogens is 366 g/mol. The largest absolute Gasteiger partial charge is 0.403 e. The van der Waals surface area contributed by atoms with E-state index in [1.807, 2.05) is 11.8 Å². The molecule has 27 heavy (non-hydrogen) atoms. The van der Waals surface area contributed by atoms with Crippen molar-refractivity contribution in [1.82, 2.24) is 9.97 Å². The lowest BCUT2D eigenvalue weighted by Crippen LogP contribution is -2.17. The molecule has 1 aliphatic carbocycles. The molecule has 3 heterocycles. The van der Waals surface area contributed by atoms with Gasteiger partial charge in [-0.25, -0.2) is 4.79 Å². The third-order valence-electron chi connectivity index (χ3n) is 5.24. The van der Waals surface area contributed by atoms with E-state index in [4.69, 9.17) is 9.25 Å². The van der Waals surface area contributed by atoms with Gasteiger partial charge in [0.05, 0.1) is 5.71 Å². The fourth-order valence-electron chi connectivity index (χ4n) is 3.84. The first kappa shape index (κ1) is 18.3. The molecule has 0 radical (unpaired) electrons. The molecule has 2 aromatic heterocycles. The molecule has 0 spiro atoms. The number of hydrogen-bond acceptors (Lipinski definition) is 7. The third-order valence-corrected chi connectivity index (χ3v) is 6.23. The predicted octanol–water partition coefficient (Wildman–Crippen LogP) is 3.26. The fraction of sp³-hybridized carbons (Fsp3) is 0.579. The van der Waals surface area contributed by atoms with Crippen molar-refractivity contribution in [2.45, 2.75) is 51.4 Å². The molecule has 1 saturated carbocycles. The molecule has 0 amide bonds. The van der Waals surface area contributed by atoms with Gasteiger partial charge in [-0.3, -0.25) is 9.78 Å². The highest BCUT2D eigenvalue weighted by Gasteiger charge is 2.19. The zero-order valence-electron chi connectivity index (χ0n) is 15.2. The monoisotopic (exact) mass is 389 g/mol. The Morgan fingerprint density at radius 3 is 2.78 bits per heavy atom. The molecule has 0 unspecified atom stereocenters. The number of thioether (sulfide) groups is 1. The number of nitrogens with zero attached hydrogens (tertiary/aromatic N) is 2. The Labute approximate surface area is 160 Å². The van der Waals surface area contributed by atoms with E-state index < -0.39 is 5.63 Å². The van der Waals surface area contributed by atoms with Crippen LogP contribution in [0.1, 0.15) is 50.5 Å². The first-order valence-electron chi connectivity index (χ1n) is 9.56. The van der Waals surface area contributed by atoms with Crippen LogP contribution in [0.3, 0.4) is 0 Å². The van der Waals surface area contributed by atoms with E-state index in [2.05, 4.69) is 15.1 Å². The highest BCUT2D eigenvalue weighted by Crippen LogP contribution is 2.28. The molecule has 144 valence electrons. The summed E-state index contributed by atoms with van der Waals surface area (Å²) in [6.07, 6.45) is 8.36. The van der Waals surface area contributed by atoms with Crippen LogP contribution in [-0.2, 0) is 6.42 Å². The molecule has 7 nitrogen and oxygen atoms in total. The van der Waals surface area contributed by atoms with Crippen molar-refractivity contribution in [3.8, 4) is 6.01 Å². The van der Waals surface area contributed by atoms with Crippen LogP contribution in [-0.4, -0.2) is 27.2 Å². The maximum atomic E-state index is 12.6. The van der Waals surface area contributed by atoms with E-state index in [9.17, 15) is 9.59 Å². The summed E-state index contributed by atoms with van der Waals surface area (Å²) in [6.45, 7) is 0. The standard InChI is InChI=1S/C19H23N3O4S/c23-15-11-13(10-12-4-2-1-3-5-12)16-17(24)20-19(21-18(16)25-15)26-22-14-6-8-27-9-7-14/h11-12H,1-10H2,(H,20,21,24). The van der Waals surface area contributed by atoms with Crippen molar-refractivity contribution in [1.29, 1.82) is 0 Å². The highest BCUT2D eigenvalue weighted by atomic mass is 32.2. The Hall–Kier alpha value is -2.09. The van der Waals surface area contributed by atoms with Crippen molar-refractivity contribution in [2.75, 3.05) is 11.5 Å². The molecule has 1 N–H and O–H groups in total. The van der Waals surface area contributed by atoms with Gasteiger partial charge in [0.2, 0.25) is 5.71 Å². The summed E-state index contributed by atoms with van der Waals surface area (Å²) in [5.74, 6) is 2.53. The van der Waals surface area contributed by atoms with Gasteiger partial charge >= 0.3 is 11.6 Å². The Morgan fingerprint density at radius 1 is 1.22 bits per heavy atom. The van der Waals surface area contributed by atoms with Crippen molar-refractivity contribution < 1.29 is 9.25 Å². The average Bonchev–Trinajstić information content (AvgIpc) is 2.67. The van der Waals surface area contributed by atoms with E-state index in [-0.39, 0.29) is 17.3 Å². The molecule has 4 rings (SSSR count). The van der Waals surface area contributed by atoms with Gasteiger partial charge in [0.25, 0.3) is 5.56 Å². The molecule has 2 aliphatic rings. The zero-order valence-corrected chi connectivity index (χ0v) is 16.0. The second-order valence-electron chi connectivity index (χ2n) is 7.21. The second kappa shape index (κ2) is 8.29. The maximum Gasteiger partial charge on any atom is 0.337 e. The Kier molecular flexibility index (Phi) is 5.61. The molecule has 8 heteroatoms. The molecule has 1 saturated heterocycles. The van der Waals surface area contributed by atoms with Gasteiger partial charge in [-0.1, -0.05) is 37.3 Å². The van der Waals surface area contributed by atoms with Crippen LogP contribution in [0, 0.1) is 5.92 Å². The van der Waals surface area contributed by atoms with E-state index in [0.29, 0.717) is 23.3 Å². The normalized spacial score (nSPS) is 18.6. The van der Waals surface area contributed by atoms with Crippen molar-refractivity contribution in [3.63, 3.8) is 0 Å². The number of H-pyrrole nitrogens is 1. The molecule has 0 bridgehead atoms. The number of nitrogens with one attached hydrogen (secondary N) is 1. The van der Waals surface area contributed by atoms with Gasteiger partial charge in [0, 0.05) is 6.07 Å². The summed E-state index contributed by atoms with van der Waals surface area (Å²) in [4.78, 5) is 36.7. The fourth-order valence-corrected chi connectivity index (χ4v) is 4.81. The lowest BCUT2D eigenvalue weighted by Gasteiger charge is -2.21. The topological polar surface area (TPSA) is 97.5 Å². The summed E-state index contributed by atoms with van der Waals surface area (Å²) < 4.78 is 5.19. The van der Waals surface area contributed by atoms with Crippen LogP contribution < -0.4 is 16.0 Å². The van der Waals surface area contributed by atoms with E-state index in [1.54, 1.807) is 0 Å². The molecule has 0 aromatic carbocycles.